The molecule has 1 nitrogen and oxygen atoms in total. The standard InChI is InChI=1S/C12H15N/c1-10-5-2-3-7-12(10)11-6-4-8-13-9-11/h4,6-10H,2-3,5H2,1H3. The van der Waals surface area contributed by atoms with Gasteiger partial charge in [0.05, 0.1) is 0 Å². The summed E-state index contributed by atoms with van der Waals surface area (Å²) in [4.78, 5) is 4.15. The minimum Gasteiger partial charge on any atom is -0.264 e. The zero-order valence-corrected chi connectivity index (χ0v) is 8.03. The monoisotopic (exact) mass is 173 g/mol. The highest BCUT2D eigenvalue weighted by Crippen LogP contribution is 2.31. The summed E-state index contributed by atoms with van der Waals surface area (Å²) < 4.78 is 0. The molecule has 1 aliphatic carbocycles. The average Bonchev–Trinajstić information content (AvgIpc) is 2.20. The van der Waals surface area contributed by atoms with Gasteiger partial charge in [-0.3, -0.25) is 4.98 Å². The number of hydrogen-bond donors (Lipinski definition) is 0. The lowest BCUT2D eigenvalue weighted by atomic mass is 9.86. The molecule has 1 aliphatic rings. The maximum Gasteiger partial charge on any atom is 0.0343 e. The SMILES string of the molecule is CC1CCCC=C1c1cccnc1. The lowest BCUT2D eigenvalue weighted by molar-refractivity contribution is 0.601. The first-order valence-electron chi connectivity index (χ1n) is 4.98. The smallest absolute Gasteiger partial charge is 0.0343 e. The summed E-state index contributed by atoms with van der Waals surface area (Å²) in [5.41, 5.74) is 2.79. The van der Waals surface area contributed by atoms with E-state index in [2.05, 4.69) is 24.1 Å². The zero-order chi connectivity index (χ0) is 9.10. The van der Waals surface area contributed by atoms with Gasteiger partial charge in [-0.25, -0.2) is 0 Å². The van der Waals surface area contributed by atoms with Crippen LogP contribution in [-0.2, 0) is 0 Å². The fraction of sp³-hybridized carbons (Fsp3) is 0.417. The van der Waals surface area contributed by atoms with Crippen LogP contribution in [0.15, 0.2) is 30.6 Å². The van der Waals surface area contributed by atoms with E-state index in [0.717, 1.165) is 0 Å². The maximum atomic E-state index is 4.15. The highest BCUT2D eigenvalue weighted by atomic mass is 14.6. The van der Waals surface area contributed by atoms with Crippen LogP contribution in [0.1, 0.15) is 31.7 Å². The van der Waals surface area contributed by atoms with Crippen LogP contribution in [0.4, 0.5) is 0 Å². The molecule has 0 radical (unpaired) electrons. The number of rotatable bonds is 1. The third-order valence-corrected chi connectivity index (χ3v) is 2.73. The Bertz CT molecular complexity index is 300. The highest BCUT2D eigenvalue weighted by Gasteiger charge is 2.13. The Balaban J connectivity index is 2.30. The van der Waals surface area contributed by atoms with Crippen LogP contribution in [0, 0.1) is 5.92 Å². The Morgan fingerprint density at radius 1 is 1.46 bits per heavy atom. The topological polar surface area (TPSA) is 12.9 Å². The van der Waals surface area contributed by atoms with Crippen LogP contribution in [0.25, 0.3) is 5.57 Å². The molecular formula is C12H15N. The van der Waals surface area contributed by atoms with Crippen molar-refractivity contribution >= 4 is 5.57 Å². The van der Waals surface area contributed by atoms with E-state index in [0.29, 0.717) is 5.92 Å². The Hall–Kier alpha value is -1.11. The molecule has 1 aromatic heterocycles. The number of aromatic nitrogens is 1. The molecule has 1 heterocycles. The molecule has 0 fully saturated rings. The minimum atomic E-state index is 0.706. The van der Waals surface area contributed by atoms with E-state index < -0.39 is 0 Å². The average molecular weight is 173 g/mol. The van der Waals surface area contributed by atoms with Gasteiger partial charge < -0.3 is 0 Å². The van der Waals surface area contributed by atoms with Crippen molar-refractivity contribution in [1.29, 1.82) is 0 Å². The number of pyridine rings is 1. The Morgan fingerprint density at radius 3 is 3.08 bits per heavy atom. The van der Waals surface area contributed by atoms with E-state index in [9.17, 15) is 0 Å². The third kappa shape index (κ3) is 1.80. The summed E-state index contributed by atoms with van der Waals surface area (Å²) in [6, 6.07) is 4.16. The molecule has 1 unspecified atom stereocenters. The molecule has 0 saturated carbocycles. The molecule has 0 amide bonds. The van der Waals surface area contributed by atoms with Crippen LogP contribution >= 0.6 is 0 Å². The quantitative estimate of drug-likeness (QED) is 0.635. The maximum absolute atomic E-state index is 4.15. The van der Waals surface area contributed by atoms with Gasteiger partial charge in [0.1, 0.15) is 0 Å². The predicted octanol–water partition coefficient (Wildman–Crippen LogP) is 3.29. The fourth-order valence-corrected chi connectivity index (χ4v) is 1.97. The van der Waals surface area contributed by atoms with Crippen molar-refractivity contribution in [3.8, 4) is 0 Å². The molecule has 0 bridgehead atoms. The van der Waals surface area contributed by atoms with Crippen LogP contribution in [0.2, 0.25) is 0 Å². The molecule has 0 aliphatic heterocycles. The summed E-state index contributed by atoms with van der Waals surface area (Å²) in [5.74, 6) is 0.706. The molecule has 0 spiro atoms. The first-order chi connectivity index (χ1) is 6.38. The molecule has 0 aromatic carbocycles. The van der Waals surface area contributed by atoms with E-state index in [-0.39, 0.29) is 0 Å². The van der Waals surface area contributed by atoms with Crippen molar-refractivity contribution in [2.75, 3.05) is 0 Å². The summed E-state index contributed by atoms with van der Waals surface area (Å²) in [7, 11) is 0. The lowest BCUT2D eigenvalue weighted by Gasteiger charge is -2.20. The van der Waals surface area contributed by atoms with E-state index in [1.54, 1.807) is 0 Å². The first kappa shape index (κ1) is 8.49. The predicted molar refractivity (Wildman–Crippen MR) is 55.2 cm³/mol. The van der Waals surface area contributed by atoms with Crippen molar-refractivity contribution < 1.29 is 0 Å². The largest absolute Gasteiger partial charge is 0.264 e. The van der Waals surface area contributed by atoms with Gasteiger partial charge in [0.25, 0.3) is 0 Å². The fourth-order valence-electron chi connectivity index (χ4n) is 1.97. The summed E-state index contributed by atoms with van der Waals surface area (Å²) in [6.45, 7) is 2.30. The molecule has 1 heteroatoms. The molecule has 0 N–H and O–H groups in total. The molecule has 68 valence electrons. The van der Waals surface area contributed by atoms with Gasteiger partial charge in [0.2, 0.25) is 0 Å². The third-order valence-electron chi connectivity index (χ3n) is 2.73. The second kappa shape index (κ2) is 3.73. The normalized spacial score (nSPS) is 22.5. The number of hydrogen-bond acceptors (Lipinski definition) is 1. The van der Waals surface area contributed by atoms with Crippen molar-refractivity contribution in [3.05, 3.63) is 36.2 Å². The van der Waals surface area contributed by atoms with Crippen LogP contribution in [0.3, 0.4) is 0 Å². The minimum absolute atomic E-state index is 0.706. The second-order valence-electron chi connectivity index (χ2n) is 3.73. The zero-order valence-electron chi connectivity index (χ0n) is 8.03. The molecule has 1 atom stereocenters. The van der Waals surface area contributed by atoms with Crippen molar-refractivity contribution in [2.45, 2.75) is 26.2 Å². The van der Waals surface area contributed by atoms with Gasteiger partial charge in [0, 0.05) is 12.4 Å². The van der Waals surface area contributed by atoms with Gasteiger partial charge >= 0.3 is 0 Å². The van der Waals surface area contributed by atoms with Crippen LogP contribution in [0.5, 0.6) is 0 Å². The molecule has 13 heavy (non-hydrogen) atoms. The lowest BCUT2D eigenvalue weighted by Crippen LogP contribution is -2.03. The molecular weight excluding hydrogens is 158 g/mol. The van der Waals surface area contributed by atoms with Crippen molar-refractivity contribution in [1.82, 2.24) is 4.98 Å². The van der Waals surface area contributed by atoms with E-state index >= 15 is 0 Å². The van der Waals surface area contributed by atoms with E-state index in [1.165, 1.54) is 30.4 Å². The summed E-state index contributed by atoms with van der Waals surface area (Å²) in [5, 5.41) is 0. The second-order valence-corrected chi connectivity index (χ2v) is 3.73. The number of nitrogens with zero attached hydrogens (tertiary/aromatic N) is 1. The van der Waals surface area contributed by atoms with Gasteiger partial charge in [0.15, 0.2) is 0 Å². The molecule has 2 rings (SSSR count). The molecule has 0 saturated heterocycles. The van der Waals surface area contributed by atoms with Crippen LogP contribution < -0.4 is 0 Å². The van der Waals surface area contributed by atoms with Gasteiger partial charge in [-0.15, -0.1) is 0 Å². The van der Waals surface area contributed by atoms with Gasteiger partial charge in [-0.2, -0.15) is 0 Å². The first-order valence-corrected chi connectivity index (χ1v) is 4.98. The Labute approximate surface area is 79.5 Å². The number of allylic oxidation sites excluding steroid dienone is 2. The van der Waals surface area contributed by atoms with E-state index in [1.807, 2.05) is 18.5 Å². The summed E-state index contributed by atoms with van der Waals surface area (Å²) in [6.07, 6.45) is 10.1. The highest BCUT2D eigenvalue weighted by molar-refractivity contribution is 5.66. The van der Waals surface area contributed by atoms with Crippen molar-refractivity contribution in [3.63, 3.8) is 0 Å². The van der Waals surface area contributed by atoms with Gasteiger partial charge in [-0.05, 0) is 42.4 Å². The Morgan fingerprint density at radius 2 is 2.38 bits per heavy atom. The Kier molecular flexibility index (Phi) is 2.44. The molecule has 1 aromatic rings. The van der Waals surface area contributed by atoms with Gasteiger partial charge in [-0.1, -0.05) is 19.1 Å². The van der Waals surface area contributed by atoms with Crippen LogP contribution in [-0.4, -0.2) is 4.98 Å². The van der Waals surface area contributed by atoms with E-state index in [4.69, 9.17) is 0 Å². The summed E-state index contributed by atoms with van der Waals surface area (Å²) >= 11 is 0. The van der Waals surface area contributed by atoms with Crippen molar-refractivity contribution in [2.24, 2.45) is 5.92 Å².